The second-order valence-corrected chi connectivity index (χ2v) is 7.27. The van der Waals surface area contributed by atoms with E-state index in [0.29, 0.717) is 37.2 Å². The highest BCUT2D eigenvalue weighted by atomic mass is 19.3. The summed E-state index contributed by atoms with van der Waals surface area (Å²) in [5.74, 6) is 2.42. The minimum Gasteiger partial charge on any atom is -0.488 e. The van der Waals surface area contributed by atoms with Crippen LogP contribution in [-0.2, 0) is 18.5 Å². The molecule has 0 aliphatic rings. The summed E-state index contributed by atoms with van der Waals surface area (Å²) in [6.45, 7) is 9.02. The number of aliphatic imine (C=N–C) groups is 1. The van der Waals surface area contributed by atoms with Crippen LogP contribution < -0.4 is 15.4 Å². The summed E-state index contributed by atoms with van der Waals surface area (Å²) in [6, 6.07) is 6.98. The highest BCUT2D eigenvalue weighted by Crippen LogP contribution is 2.22. The fraction of sp³-hybridized carbons (Fsp3) is 0.500. The van der Waals surface area contributed by atoms with Crippen molar-refractivity contribution in [2.75, 3.05) is 13.2 Å². The Balaban J connectivity index is 1.96. The molecule has 2 aromatic rings. The Hall–Kier alpha value is -2.64. The van der Waals surface area contributed by atoms with Gasteiger partial charge < -0.3 is 19.8 Å². The third-order valence-electron chi connectivity index (χ3n) is 3.74. The third-order valence-corrected chi connectivity index (χ3v) is 3.74. The van der Waals surface area contributed by atoms with Gasteiger partial charge in [0.2, 0.25) is 5.89 Å². The third kappa shape index (κ3) is 7.17. The number of ether oxygens (including phenoxy) is 1. The Morgan fingerprint density at radius 1 is 1.29 bits per heavy atom. The van der Waals surface area contributed by atoms with Crippen LogP contribution in [0.4, 0.5) is 8.78 Å². The lowest BCUT2D eigenvalue weighted by atomic mass is 9.94. The summed E-state index contributed by atoms with van der Waals surface area (Å²) in [5, 5.41) is 6.33. The number of rotatable bonds is 8. The van der Waals surface area contributed by atoms with Crippen molar-refractivity contribution >= 4 is 5.96 Å². The van der Waals surface area contributed by atoms with Gasteiger partial charge in [-0.05, 0) is 24.6 Å². The van der Waals surface area contributed by atoms with Crippen LogP contribution in [0.25, 0.3) is 0 Å². The van der Waals surface area contributed by atoms with Crippen LogP contribution in [-0.4, -0.2) is 30.5 Å². The van der Waals surface area contributed by atoms with Gasteiger partial charge in [-0.3, -0.25) is 0 Å². The van der Waals surface area contributed by atoms with E-state index in [0.717, 1.165) is 11.3 Å². The van der Waals surface area contributed by atoms with Gasteiger partial charge in [0.05, 0.1) is 19.3 Å². The lowest BCUT2D eigenvalue weighted by Gasteiger charge is -2.13. The maximum absolute atomic E-state index is 12.3. The summed E-state index contributed by atoms with van der Waals surface area (Å²) in [6.07, 6.45) is -0.758. The molecule has 2 rings (SSSR count). The lowest BCUT2D eigenvalue weighted by Crippen LogP contribution is -2.36. The number of benzene rings is 1. The molecule has 8 heteroatoms. The molecule has 1 aromatic carbocycles. The Bertz CT molecular complexity index is 770. The molecule has 1 aromatic heterocycles. The monoisotopic (exact) mass is 394 g/mol. The SMILES string of the molecule is CCNC(=NCc1cccc(OCC(F)F)c1)NCc1ncc(C(C)(C)C)o1. The number of guanidine groups is 1. The second kappa shape index (κ2) is 10.1. The van der Waals surface area contributed by atoms with Crippen molar-refractivity contribution in [2.45, 2.75) is 52.6 Å². The molecule has 0 radical (unpaired) electrons. The van der Waals surface area contributed by atoms with Gasteiger partial charge in [-0.2, -0.15) is 0 Å². The molecule has 2 N–H and O–H groups in total. The van der Waals surface area contributed by atoms with Crippen molar-refractivity contribution < 1.29 is 17.9 Å². The van der Waals surface area contributed by atoms with E-state index in [1.54, 1.807) is 24.4 Å². The molecule has 0 bridgehead atoms. The van der Waals surface area contributed by atoms with E-state index in [2.05, 4.69) is 41.4 Å². The molecule has 1 heterocycles. The van der Waals surface area contributed by atoms with Crippen LogP contribution in [0.5, 0.6) is 5.75 Å². The molecule has 0 saturated heterocycles. The molecule has 0 aliphatic heterocycles. The number of aromatic nitrogens is 1. The lowest BCUT2D eigenvalue weighted by molar-refractivity contribution is 0.0818. The van der Waals surface area contributed by atoms with Gasteiger partial charge >= 0.3 is 0 Å². The van der Waals surface area contributed by atoms with Gasteiger partial charge in [-0.25, -0.2) is 18.8 Å². The van der Waals surface area contributed by atoms with Crippen LogP contribution in [0.1, 0.15) is 44.9 Å². The number of halogens is 2. The number of nitrogens with one attached hydrogen (secondary N) is 2. The zero-order valence-electron chi connectivity index (χ0n) is 16.8. The summed E-state index contributed by atoms with van der Waals surface area (Å²) >= 11 is 0. The number of nitrogens with zero attached hydrogens (tertiary/aromatic N) is 2. The van der Waals surface area contributed by atoms with Crippen molar-refractivity contribution in [3.8, 4) is 5.75 Å². The predicted octanol–water partition coefficient (Wildman–Crippen LogP) is 3.87. The van der Waals surface area contributed by atoms with Crippen molar-refractivity contribution in [3.63, 3.8) is 0 Å². The van der Waals surface area contributed by atoms with Crippen molar-refractivity contribution in [2.24, 2.45) is 4.99 Å². The number of alkyl halides is 2. The molecular weight excluding hydrogens is 366 g/mol. The maximum Gasteiger partial charge on any atom is 0.272 e. The molecule has 0 spiro atoms. The van der Waals surface area contributed by atoms with E-state index >= 15 is 0 Å². The quantitative estimate of drug-likeness (QED) is 0.525. The zero-order valence-corrected chi connectivity index (χ0v) is 16.8. The number of hydrogen-bond acceptors (Lipinski definition) is 4. The maximum atomic E-state index is 12.3. The van der Waals surface area contributed by atoms with E-state index in [-0.39, 0.29) is 5.41 Å². The summed E-state index contributed by atoms with van der Waals surface area (Å²) in [4.78, 5) is 8.80. The van der Waals surface area contributed by atoms with E-state index in [1.807, 2.05) is 13.0 Å². The van der Waals surface area contributed by atoms with Gasteiger partial charge in [-0.15, -0.1) is 0 Å². The highest BCUT2D eigenvalue weighted by Gasteiger charge is 2.19. The van der Waals surface area contributed by atoms with Gasteiger partial charge in [0.25, 0.3) is 6.43 Å². The minimum absolute atomic E-state index is 0.0960. The first-order chi connectivity index (χ1) is 13.3. The molecule has 6 nitrogen and oxygen atoms in total. The normalized spacial score (nSPS) is 12.3. The molecule has 0 saturated carbocycles. The van der Waals surface area contributed by atoms with Gasteiger partial charge in [0.1, 0.15) is 18.1 Å². The topological polar surface area (TPSA) is 71.7 Å². The van der Waals surface area contributed by atoms with Gasteiger partial charge in [0, 0.05) is 12.0 Å². The largest absolute Gasteiger partial charge is 0.488 e. The Morgan fingerprint density at radius 2 is 2.07 bits per heavy atom. The first-order valence-electron chi connectivity index (χ1n) is 9.25. The smallest absolute Gasteiger partial charge is 0.272 e. The van der Waals surface area contributed by atoms with Gasteiger partial charge in [0.15, 0.2) is 5.96 Å². The summed E-state index contributed by atoms with van der Waals surface area (Å²) < 4.78 is 35.4. The molecular formula is C20H28F2N4O2. The van der Waals surface area contributed by atoms with Crippen molar-refractivity contribution in [3.05, 3.63) is 47.7 Å². The van der Waals surface area contributed by atoms with E-state index in [4.69, 9.17) is 9.15 Å². The predicted molar refractivity (Wildman–Crippen MR) is 105 cm³/mol. The Kier molecular flexibility index (Phi) is 7.78. The molecule has 0 aliphatic carbocycles. The fourth-order valence-electron chi connectivity index (χ4n) is 2.30. The first kappa shape index (κ1) is 21.7. The van der Waals surface area contributed by atoms with Crippen LogP contribution in [0, 0.1) is 0 Å². The number of hydrogen-bond donors (Lipinski definition) is 2. The fourth-order valence-corrected chi connectivity index (χ4v) is 2.30. The average molecular weight is 394 g/mol. The summed E-state index contributed by atoms with van der Waals surface area (Å²) in [5.41, 5.74) is 0.761. The molecule has 0 amide bonds. The molecule has 28 heavy (non-hydrogen) atoms. The molecule has 154 valence electrons. The Labute approximate surface area is 164 Å². The van der Waals surface area contributed by atoms with Crippen molar-refractivity contribution in [1.29, 1.82) is 0 Å². The van der Waals surface area contributed by atoms with Crippen LogP contribution in [0.3, 0.4) is 0 Å². The number of oxazole rings is 1. The van der Waals surface area contributed by atoms with Crippen LogP contribution in [0.2, 0.25) is 0 Å². The standard InChI is InChI=1S/C20H28F2N4O2/c1-5-23-19(26-12-18-24-11-16(28-18)20(2,3)4)25-10-14-7-6-8-15(9-14)27-13-17(21)22/h6-9,11,17H,5,10,12-13H2,1-4H3,(H2,23,25,26). The minimum atomic E-state index is -2.50. The second-order valence-electron chi connectivity index (χ2n) is 7.27. The molecule has 0 atom stereocenters. The first-order valence-corrected chi connectivity index (χ1v) is 9.25. The Morgan fingerprint density at radius 3 is 2.71 bits per heavy atom. The van der Waals surface area contributed by atoms with Crippen LogP contribution >= 0.6 is 0 Å². The molecule has 0 fully saturated rings. The van der Waals surface area contributed by atoms with E-state index in [1.165, 1.54) is 0 Å². The highest BCUT2D eigenvalue weighted by molar-refractivity contribution is 5.79. The van der Waals surface area contributed by atoms with E-state index in [9.17, 15) is 8.78 Å². The zero-order chi connectivity index (χ0) is 20.6. The van der Waals surface area contributed by atoms with E-state index < -0.39 is 13.0 Å². The van der Waals surface area contributed by atoms with Crippen LogP contribution in [0.15, 0.2) is 39.9 Å². The van der Waals surface area contributed by atoms with Crippen molar-refractivity contribution in [1.82, 2.24) is 15.6 Å². The average Bonchev–Trinajstić information content (AvgIpc) is 3.12. The van der Waals surface area contributed by atoms with Gasteiger partial charge in [-0.1, -0.05) is 32.9 Å². The summed E-state index contributed by atoms with van der Waals surface area (Å²) in [7, 11) is 0. The molecule has 0 unspecified atom stereocenters.